The lowest BCUT2D eigenvalue weighted by molar-refractivity contribution is 0.372. The Kier molecular flexibility index (Phi) is 3.72. The molecule has 92 valence electrons. The smallest absolute Gasteiger partial charge is 0.0104 e. The highest BCUT2D eigenvalue weighted by atomic mass is 32.2. The fourth-order valence-corrected chi connectivity index (χ4v) is 3.98. The van der Waals surface area contributed by atoms with E-state index in [9.17, 15) is 0 Å². The van der Waals surface area contributed by atoms with Crippen molar-refractivity contribution in [2.24, 2.45) is 5.92 Å². The van der Waals surface area contributed by atoms with Crippen molar-refractivity contribution in [2.75, 3.05) is 18.8 Å². The van der Waals surface area contributed by atoms with Crippen LogP contribution in [0.15, 0.2) is 23.1 Å². The number of hydrogen-bond acceptors (Lipinski definition) is 2. The first-order valence-corrected chi connectivity index (χ1v) is 7.86. The molecule has 2 aliphatic rings. The van der Waals surface area contributed by atoms with Crippen LogP contribution in [0.3, 0.4) is 0 Å². The summed E-state index contributed by atoms with van der Waals surface area (Å²) >= 11 is 2.03. The molecular weight excluding hydrogens is 226 g/mol. The predicted molar refractivity (Wildman–Crippen MR) is 74.8 cm³/mol. The monoisotopic (exact) mass is 247 g/mol. The molecule has 0 spiro atoms. The maximum atomic E-state index is 3.45. The summed E-state index contributed by atoms with van der Waals surface area (Å²) in [6.45, 7) is 2.43. The van der Waals surface area contributed by atoms with E-state index >= 15 is 0 Å². The first kappa shape index (κ1) is 11.6. The lowest BCUT2D eigenvalue weighted by atomic mass is 9.90. The van der Waals surface area contributed by atoms with E-state index in [4.69, 9.17) is 0 Å². The summed E-state index contributed by atoms with van der Waals surface area (Å²) < 4.78 is 0. The Balaban J connectivity index is 1.70. The molecule has 0 bridgehead atoms. The molecule has 2 heteroatoms. The SMILES string of the molecule is c1cc2c(cc1CC1CCNCC1)CCCS2. The largest absolute Gasteiger partial charge is 0.317 e. The zero-order valence-corrected chi connectivity index (χ0v) is 11.2. The molecule has 0 unspecified atom stereocenters. The third-order valence-corrected chi connectivity index (χ3v) is 5.16. The molecule has 17 heavy (non-hydrogen) atoms. The lowest BCUT2D eigenvalue weighted by Crippen LogP contribution is -2.28. The van der Waals surface area contributed by atoms with Crippen LogP contribution < -0.4 is 5.32 Å². The molecule has 0 amide bonds. The number of fused-ring (bicyclic) bond motifs is 1. The molecule has 3 rings (SSSR count). The summed E-state index contributed by atoms with van der Waals surface area (Å²) in [5.74, 6) is 2.21. The molecular formula is C15H21NS. The van der Waals surface area contributed by atoms with Gasteiger partial charge in [0.1, 0.15) is 0 Å². The minimum Gasteiger partial charge on any atom is -0.317 e. The Bertz CT molecular complexity index is 383. The molecule has 0 aromatic heterocycles. The second-order valence-corrected chi connectivity index (χ2v) is 6.43. The molecule has 2 aliphatic heterocycles. The second kappa shape index (κ2) is 5.45. The van der Waals surface area contributed by atoms with Gasteiger partial charge < -0.3 is 5.32 Å². The average Bonchev–Trinajstić information content (AvgIpc) is 2.40. The van der Waals surface area contributed by atoms with Crippen LogP contribution in [0.25, 0.3) is 0 Å². The van der Waals surface area contributed by atoms with Crippen molar-refractivity contribution in [3.05, 3.63) is 29.3 Å². The van der Waals surface area contributed by atoms with Crippen LogP contribution in [0, 0.1) is 5.92 Å². The van der Waals surface area contributed by atoms with Crippen molar-refractivity contribution in [3.63, 3.8) is 0 Å². The van der Waals surface area contributed by atoms with E-state index < -0.39 is 0 Å². The van der Waals surface area contributed by atoms with Crippen LogP contribution in [-0.2, 0) is 12.8 Å². The van der Waals surface area contributed by atoms with Gasteiger partial charge >= 0.3 is 0 Å². The minimum atomic E-state index is 0.908. The third kappa shape index (κ3) is 2.86. The first-order chi connectivity index (χ1) is 8.42. The van der Waals surface area contributed by atoms with Crippen molar-refractivity contribution in [2.45, 2.75) is 37.0 Å². The average molecular weight is 247 g/mol. The Hall–Kier alpha value is -0.470. The molecule has 1 saturated heterocycles. The quantitative estimate of drug-likeness (QED) is 0.861. The Morgan fingerprint density at radius 1 is 1.24 bits per heavy atom. The van der Waals surface area contributed by atoms with Gasteiger partial charge in [0.05, 0.1) is 0 Å². The van der Waals surface area contributed by atoms with Crippen molar-refractivity contribution in [1.82, 2.24) is 5.32 Å². The Labute approximate surface area is 108 Å². The van der Waals surface area contributed by atoms with E-state index in [1.807, 2.05) is 11.8 Å². The van der Waals surface area contributed by atoms with Gasteiger partial charge in [-0.15, -0.1) is 11.8 Å². The fourth-order valence-electron chi connectivity index (χ4n) is 2.96. The zero-order valence-electron chi connectivity index (χ0n) is 10.4. The number of piperidine rings is 1. The summed E-state index contributed by atoms with van der Waals surface area (Å²) in [6.07, 6.45) is 6.65. The van der Waals surface area contributed by atoms with Crippen LogP contribution >= 0.6 is 11.8 Å². The molecule has 1 aromatic rings. The summed E-state index contributed by atoms with van der Waals surface area (Å²) in [5.41, 5.74) is 3.17. The van der Waals surface area contributed by atoms with Gasteiger partial charge in [-0.1, -0.05) is 12.1 Å². The summed E-state index contributed by atoms with van der Waals surface area (Å²) in [6, 6.07) is 7.19. The molecule has 1 fully saturated rings. The highest BCUT2D eigenvalue weighted by molar-refractivity contribution is 7.99. The van der Waals surface area contributed by atoms with Crippen LogP contribution in [-0.4, -0.2) is 18.8 Å². The van der Waals surface area contributed by atoms with E-state index in [0.717, 1.165) is 5.92 Å². The van der Waals surface area contributed by atoms with Gasteiger partial charge in [0.15, 0.2) is 0 Å². The van der Waals surface area contributed by atoms with Gasteiger partial charge in [-0.2, -0.15) is 0 Å². The standard InChI is InChI=1S/C15H21NS/c1-2-14-11-13(3-4-15(14)17-9-1)10-12-5-7-16-8-6-12/h3-4,11-12,16H,1-2,5-10H2. The molecule has 0 radical (unpaired) electrons. The molecule has 1 aromatic carbocycles. The molecule has 2 heterocycles. The van der Waals surface area contributed by atoms with Gasteiger partial charge in [0, 0.05) is 4.90 Å². The van der Waals surface area contributed by atoms with Crippen molar-refractivity contribution >= 4 is 11.8 Å². The van der Waals surface area contributed by atoms with Gasteiger partial charge in [0.2, 0.25) is 0 Å². The molecule has 0 atom stereocenters. The number of rotatable bonds is 2. The fraction of sp³-hybridized carbons (Fsp3) is 0.600. The summed E-state index contributed by atoms with van der Waals surface area (Å²) in [4.78, 5) is 1.53. The van der Waals surface area contributed by atoms with E-state index in [1.165, 1.54) is 55.8 Å². The topological polar surface area (TPSA) is 12.0 Å². The van der Waals surface area contributed by atoms with Gasteiger partial charge in [-0.3, -0.25) is 0 Å². The van der Waals surface area contributed by atoms with E-state index in [1.54, 1.807) is 11.1 Å². The predicted octanol–water partition coefficient (Wildman–Crippen LogP) is 3.27. The molecule has 1 N–H and O–H groups in total. The maximum absolute atomic E-state index is 3.45. The van der Waals surface area contributed by atoms with Crippen LogP contribution in [0.5, 0.6) is 0 Å². The highest BCUT2D eigenvalue weighted by Crippen LogP contribution is 2.31. The van der Waals surface area contributed by atoms with Crippen LogP contribution in [0.1, 0.15) is 30.4 Å². The van der Waals surface area contributed by atoms with E-state index in [0.29, 0.717) is 0 Å². The lowest BCUT2D eigenvalue weighted by Gasteiger charge is -2.23. The zero-order chi connectivity index (χ0) is 11.5. The van der Waals surface area contributed by atoms with Crippen molar-refractivity contribution in [3.8, 4) is 0 Å². The number of thioether (sulfide) groups is 1. The van der Waals surface area contributed by atoms with Crippen LogP contribution in [0.4, 0.5) is 0 Å². The number of nitrogens with one attached hydrogen (secondary N) is 1. The van der Waals surface area contributed by atoms with Gasteiger partial charge in [-0.25, -0.2) is 0 Å². The normalized spacial score (nSPS) is 21.2. The van der Waals surface area contributed by atoms with E-state index in [2.05, 4.69) is 23.5 Å². The Morgan fingerprint density at radius 3 is 3.00 bits per heavy atom. The van der Waals surface area contributed by atoms with Gasteiger partial charge in [0.25, 0.3) is 0 Å². The maximum Gasteiger partial charge on any atom is 0.0104 e. The summed E-state index contributed by atoms with van der Waals surface area (Å²) in [5, 5.41) is 3.45. The highest BCUT2D eigenvalue weighted by Gasteiger charge is 2.15. The number of aryl methyl sites for hydroxylation is 1. The van der Waals surface area contributed by atoms with Crippen molar-refractivity contribution < 1.29 is 0 Å². The second-order valence-electron chi connectivity index (χ2n) is 5.29. The van der Waals surface area contributed by atoms with Crippen molar-refractivity contribution in [1.29, 1.82) is 0 Å². The number of benzene rings is 1. The summed E-state index contributed by atoms with van der Waals surface area (Å²) in [7, 11) is 0. The molecule has 0 aliphatic carbocycles. The third-order valence-electron chi connectivity index (χ3n) is 3.96. The Morgan fingerprint density at radius 2 is 2.12 bits per heavy atom. The van der Waals surface area contributed by atoms with Crippen LogP contribution in [0.2, 0.25) is 0 Å². The minimum absolute atomic E-state index is 0.908. The molecule has 1 nitrogen and oxygen atoms in total. The molecule has 0 saturated carbocycles. The first-order valence-electron chi connectivity index (χ1n) is 6.87. The van der Waals surface area contributed by atoms with E-state index in [-0.39, 0.29) is 0 Å². The number of hydrogen-bond donors (Lipinski definition) is 1. The van der Waals surface area contributed by atoms with Gasteiger partial charge in [-0.05, 0) is 74.1 Å².